The Morgan fingerprint density at radius 3 is 2.87 bits per heavy atom. The van der Waals surface area contributed by atoms with E-state index >= 15 is 0 Å². The molecule has 1 heterocycles. The number of hydrogen-bond acceptors (Lipinski definition) is 1. The van der Waals surface area contributed by atoms with E-state index in [2.05, 4.69) is 4.98 Å². The maximum absolute atomic E-state index is 13.2. The Bertz CT molecular complexity index is 505. The Kier molecular flexibility index (Phi) is 2.67. The quantitative estimate of drug-likeness (QED) is 0.813. The number of nitrogens with one attached hydrogen (secondary N) is 1. The predicted octanol–water partition coefficient (Wildman–Crippen LogP) is 2.77. The van der Waals surface area contributed by atoms with Crippen molar-refractivity contribution < 1.29 is 4.39 Å². The molecule has 0 unspecified atom stereocenters. The molecule has 0 saturated carbocycles. The summed E-state index contributed by atoms with van der Waals surface area (Å²) in [6, 6.07) is 2.81. The first kappa shape index (κ1) is 10.5. The van der Waals surface area contributed by atoms with Crippen LogP contribution in [-0.2, 0) is 6.42 Å². The number of aryl methyl sites for hydroxylation is 1. The molecule has 2 nitrogen and oxygen atoms in total. The van der Waals surface area contributed by atoms with Gasteiger partial charge in [0.05, 0.1) is 10.5 Å². The third-order valence-corrected chi connectivity index (χ3v) is 2.84. The van der Waals surface area contributed by atoms with E-state index in [9.17, 15) is 4.39 Å². The van der Waals surface area contributed by atoms with Crippen molar-refractivity contribution in [1.29, 1.82) is 0 Å². The molecule has 0 amide bonds. The highest BCUT2D eigenvalue weighted by Gasteiger charge is 2.11. The van der Waals surface area contributed by atoms with Gasteiger partial charge in [-0.15, -0.1) is 0 Å². The normalized spacial score (nSPS) is 11.2. The molecule has 0 radical (unpaired) electrons. The van der Waals surface area contributed by atoms with Crippen LogP contribution in [0, 0.1) is 12.7 Å². The monoisotopic (exact) mass is 226 g/mol. The first-order chi connectivity index (χ1) is 7.13. The van der Waals surface area contributed by atoms with Crippen LogP contribution in [-0.4, -0.2) is 11.5 Å². The van der Waals surface area contributed by atoms with Crippen molar-refractivity contribution in [2.24, 2.45) is 5.73 Å². The molecule has 0 bridgehead atoms. The molecule has 0 aliphatic rings. The van der Waals surface area contributed by atoms with Gasteiger partial charge in [0.25, 0.3) is 0 Å². The van der Waals surface area contributed by atoms with Crippen LogP contribution in [0.5, 0.6) is 0 Å². The van der Waals surface area contributed by atoms with Crippen molar-refractivity contribution in [1.82, 2.24) is 4.98 Å². The van der Waals surface area contributed by atoms with Crippen LogP contribution < -0.4 is 5.73 Å². The number of H-pyrrole nitrogens is 1. The highest BCUT2D eigenvalue weighted by Crippen LogP contribution is 2.29. The predicted molar refractivity (Wildman–Crippen MR) is 60.8 cm³/mol. The number of benzene rings is 1. The number of hydrogen-bond donors (Lipinski definition) is 2. The lowest BCUT2D eigenvalue weighted by atomic mass is 10.1. The fourth-order valence-corrected chi connectivity index (χ4v) is 2.12. The van der Waals surface area contributed by atoms with Gasteiger partial charge in [-0.2, -0.15) is 0 Å². The average Bonchev–Trinajstić information content (AvgIpc) is 2.46. The molecule has 3 N–H and O–H groups in total. The molecule has 0 atom stereocenters. The van der Waals surface area contributed by atoms with Crippen molar-refractivity contribution in [2.75, 3.05) is 6.54 Å². The SMILES string of the molecule is Cc1[nH]c2c(Cl)cc(F)cc2c1CCN. The lowest BCUT2D eigenvalue weighted by Gasteiger charge is -1.99. The van der Waals surface area contributed by atoms with Gasteiger partial charge in [-0.3, -0.25) is 0 Å². The molecule has 0 aliphatic heterocycles. The van der Waals surface area contributed by atoms with E-state index in [1.165, 1.54) is 12.1 Å². The number of rotatable bonds is 2. The van der Waals surface area contributed by atoms with Crippen molar-refractivity contribution in [3.8, 4) is 0 Å². The minimum Gasteiger partial charge on any atom is -0.357 e. The van der Waals surface area contributed by atoms with E-state index in [-0.39, 0.29) is 5.82 Å². The summed E-state index contributed by atoms with van der Waals surface area (Å²) in [7, 11) is 0. The highest BCUT2D eigenvalue weighted by atomic mass is 35.5. The molecule has 0 spiro atoms. The molecular weight excluding hydrogens is 215 g/mol. The summed E-state index contributed by atoms with van der Waals surface area (Å²) < 4.78 is 13.2. The molecular formula is C11H12ClFN2. The van der Waals surface area contributed by atoms with Gasteiger partial charge in [0.1, 0.15) is 5.82 Å². The molecule has 0 fully saturated rings. The van der Waals surface area contributed by atoms with Crippen LogP contribution in [0.2, 0.25) is 5.02 Å². The largest absolute Gasteiger partial charge is 0.357 e. The second-order valence-electron chi connectivity index (χ2n) is 3.58. The van der Waals surface area contributed by atoms with Gasteiger partial charge in [0.2, 0.25) is 0 Å². The van der Waals surface area contributed by atoms with Crippen LogP contribution in [0.1, 0.15) is 11.3 Å². The van der Waals surface area contributed by atoms with E-state index in [4.69, 9.17) is 17.3 Å². The summed E-state index contributed by atoms with van der Waals surface area (Å²) in [6.07, 6.45) is 0.728. The minimum atomic E-state index is -0.315. The van der Waals surface area contributed by atoms with Crippen LogP contribution >= 0.6 is 11.6 Å². The average molecular weight is 227 g/mol. The summed E-state index contributed by atoms with van der Waals surface area (Å²) >= 11 is 5.95. The van der Waals surface area contributed by atoms with Gasteiger partial charge in [-0.05, 0) is 37.6 Å². The minimum absolute atomic E-state index is 0.315. The Balaban J connectivity index is 2.74. The topological polar surface area (TPSA) is 41.8 Å². The fraction of sp³-hybridized carbons (Fsp3) is 0.273. The zero-order valence-corrected chi connectivity index (χ0v) is 9.16. The smallest absolute Gasteiger partial charge is 0.125 e. The third-order valence-electron chi connectivity index (χ3n) is 2.54. The van der Waals surface area contributed by atoms with E-state index in [1.54, 1.807) is 0 Å². The second-order valence-corrected chi connectivity index (χ2v) is 3.98. The van der Waals surface area contributed by atoms with E-state index in [0.717, 1.165) is 28.6 Å². The third kappa shape index (κ3) is 1.73. The molecule has 0 saturated heterocycles. The number of fused-ring (bicyclic) bond motifs is 1. The van der Waals surface area contributed by atoms with Gasteiger partial charge in [-0.25, -0.2) is 4.39 Å². The van der Waals surface area contributed by atoms with Crippen molar-refractivity contribution in [3.05, 3.63) is 34.2 Å². The molecule has 4 heteroatoms. The van der Waals surface area contributed by atoms with Crippen molar-refractivity contribution >= 4 is 22.5 Å². The molecule has 80 valence electrons. The first-order valence-corrected chi connectivity index (χ1v) is 5.17. The summed E-state index contributed by atoms with van der Waals surface area (Å²) in [5.41, 5.74) is 8.36. The number of halogens is 2. The highest BCUT2D eigenvalue weighted by molar-refractivity contribution is 6.35. The molecule has 2 rings (SSSR count). The standard InChI is InChI=1S/C11H12ClFN2/c1-6-8(2-3-14)9-4-7(13)5-10(12)11(9)15-6/h4-5,15H,2-3,14H2,1H3. The van der Waals surface area contributed by atoms with Crippen molar-refractivity contribution in [2.45, 2.75) is 13.3 Å². The number of aromatic amines is 1. The van der Waals surface area contributed by atoms with E-state index < -0.39 is 0 Å². The molecule has 15 heavy (non-hydrogen) atoms. The molecule has 0 aliphatic carbocycles. The van der Waals surface area contributed by atoms with Gasteiger partial charge in [0, 0.05) is 11.1 Å². The Morgan fingerprint density at radius 1 is 1.47 bits per heavy atom. The lowest BCUT2D eigenvalue weighted by molar-refractivity contribution is 0.629. The maximum atomic E-state index is 13.2. The molecule has 1 aromatic carbocycles. The number of nitrogens with two attached hydrogens (primary N) is 1. The van der Waals surface area contributed by atoms with Crippen LogP contribution in [0.3, 0.4) is 0 Å². The van der Waals surface area contributed by atoms with E-state index in [1.807, 2.05) is 6.92 Å². The maximum Gasteiger partial charge on any atom is 0.125 e. The van der Waals surface area contributed by atoms with Crippen LogP contribution in [0.25, 0.3) is 10.9 Å². The fourth-order valence-electron chi connectivity index (χ4n) is 1.87. The van der Waals surface area contributed by atoms with Gasteiger partial charge < -0.3 is 10.7 Å². The molecule has 2 aromatic rings. The van der Waals surface area contributed by atoms with Crippen molar-refractivity contribution in [3.63, 3.8) is 0 Å². The zero-order chi connectivity index (χ0) is 11.0. The first-order valence-electron chi connectivity index (χ1n) is 4.79. The van der Waals surface area contributed by atoms with Crippen LogP contribution in [0.4, 0.5) is 4.39 Å². The van der Waals surface area contributed by atoms with Crippen LogP contribution in [0.15, 0.2) is 12.1 Å². The summed E-state index contributed by atoms with van der Waals surface area (Å²) in [5, 5.41) is 1.25. The summed E-state index contributed by atoms with van der Waals surface area (Å²) in [4.78, 5) is 3.15. The van der Waals surface area contributed by atoms with Gasteiger partial charge in [-0.1, -0.05) is 11.6 Å². The molecule has 1 aromatic heterocycles. The van der Waals surface area contributed by atoms with Gasteiger partial charge >= 0.3 is 0 Å². The summed E-state index contributed by atoms with van der Waals surface area (Å²) in [5.74, 6) is -0.315. The van der Waals surface area contributed by atoms with E-state index in [0.29, 0.717) is 11.6 Å². The lowest BCUT2D eigenvalue weighted by Crippen LogP contribution is -2.03. The zero-order valence-electron chi connectivity index (χ0n) is 8.40. The van der Waals surface area contributed by atoms with Gasteiger partial charge in [0.15, 0.2) is 0 Å². The Hall–Kier alpha value is -1.06. The summed E-state index contributed by atoms with van der Waals surface area (Å²) in [6.45, 7) is 2.49. The Labute approximate surface area is 92.2 Å². The second kappa shape index (κ2) is 3.83. The number of aromatic nitrogens is 1. The Morgan fingerprint density at radius 2 is 2.20 bits per heavy atom.